The third kappa shape index (κ3) is 31.5. The van der Waals surface area contributed by atoms with E-state index in [-0.39, 0.29) is 89.3 Å². The molecule has 3 saturated heterocycles. The minimum Gasteiger partial charge on any atom is -1.00 e. The minimum absolute atomic E-state index is 0. The zero-order valence-corrected chi connectivity index (χ0v) is 83.6. The number of carbonyl (C=O) groups is 7. The number of hydrogen-bond donors (Lipinski definition) is 3. The van der Waals surface area contributed by atoms with Crippen LogP contribution in [-0.2, 0) is 53.7 Å². The van der Waals surface area contributed by atoms with Gasteiger partial charge in [-0.25, -0.2) is 42.3 Å². The number of carbonyl (C=O) groups excluding carboxylic acids is 7. The molecule has 0 spiro atoms. The number of aliphatic hydroxyl groups excluding tert-OH is 1. The smallest absolute Gasteiger partial charge is 1.00 e. The Bertz CT molecular complexity index is 6670. The van der Waals surface area contributed by atoms with E-state index in [9.17, 15) is 86.6 Å². The van der Waals surface area contributed by atoms with Gasteiger partial charge in [-0.2, -0.15) is 0 Å². The van der Waals surface area contributed by atoms with Gasteiger partial charge in [0.15, 0.2) is 17.4 Å². The molecule has 0 unspecified atom stereocenters. The molecule has 13 aromatic rings. The fourth-order valence-electron chi connectivity index (χ4n) is 13.7. The van der Waals surface area contributed by atoms with Crippen molar-refractivity contribution in [1.82, 2.24) is 40.0 Å². The molecule has 0 atom stereocenters. The Hall–Kier alpha value is -12.0. The molecule has 16 rings (SSSR count). The summed E-state index contributed by atoms with van der Waals surface area (Å²) in [5.41, 5.74) is 4.80. The van der Waals surface area contributed by atoms with Gasteiger partial charge in [0.05, 0.1) is 98.1 Å². The number of benzene rings is 8. The molecule has 8 heterocycles. The van der Waals surface area contributed by atoms with Crippen LogP contribution in [0.3, 0.4) is 0 Å². The average molecular weight is 2220 g/mol. The number of aromatic hydroxyl groups is 1. The maximum atomic E-state index is 13.3. The number of pyridine rings is 5. The Morgan fingerprint density at radius 1 is 0.454 bits per heavy atom. The number of aromatic nitrogens is 5. The first kappa shape index (κ1) is 116. The van der Waals surface area contributed by atoms with Gasteiger partial charge in [-0.05, 0) is 265 Å². The summed E-state index contributed by atoms with van der Waals surface area (Å²) >= 11 is 15.1. The van der Waals surface area contributed by atoms with E-state index in [1.165, 1.54) is 72.2 Å². The number of hydrogen-bond acceptors (Lipinski definition) is 24. The number of methoxy groups -OCH3 is 4. The summed E-state index contributed by atoms with van der Waals surface area (Å²) < 4.78 is 167. The van der Waals surface area contributed by atoms with E-state index >= 15 is 0 Å². The van der Waals surface area contributed by atoms with Crippen molar-refractivity contribution in [1.29, 1.82) is 0 Å². The van der Waals surface area contributed by atoms with E-state index in [1.54, 1.807) is 137 Å². The van der Waals surface area contributed by atoms with Crippen molar-refractivity contribution in [2.75, 3.05) is 56.0 Å². The van der Waals surface area contributed by atoms with Crippen molar-refractivity contribution < 1.29 is 150 Å². The number of aliphatic hydroxyl groups is 1. The van der Waals surface area contributed by atoms with Gasteiger partial charge in [0, 0.05) is 87.6 Å². The number of rotatable bonds is 18. The first-order chi connectivity index (χ1) is 65.3. The molecule has 9 amide bonds. The van der Waals surface area contributed by atoms with Gasteiger partial charge < -0.3 is 64.7 Å². The van der Waals surface area contributed by atoms with E-state index in [0.29, 0.717) is 51.5 Å². The molecule has 8 aromatic carbocycles. The number of ether oxygens (including phenoxy) is 8. The van der Waals surface area contributed by atoms with Crippen molar-refractivity contribution in [2.45, 2.75) is 110 Å². The van der Waals surface area contributed by atoms with Crippen LogP contribution in [0, 0.1) is 0 Å². The number of nitrogens with zero attached hydrogens (tertiary/aromatic N) is 10. The Labute approximate surface area is 860 Å². The third-order valence-electron chi connectivity index (χ3n) is 20.3. The van der Waals surface area contributed by atoms with Gasteiger partial charge in [0.2, 0.25) is 9.05 Å². The number of nitrogens with one attached hydrogen (secondary N) is 1. The van der Waals surface area contributed by atoms with Crippen molar-refractivity contribution in [2.24, 2.45) is 0 Å². The van der Waals surface area contributed by atoms with Gasteiger partial charge in [-0.3, -0.25) is 39.3 Å². The number of phenolic OH excluding ortho intramolecular Hbond substituents is 1. The first-order valence-corrected chi connectivity index (χ1v) is 46.7. The van der Waals surface area contributed by atoms with Crippen LogP contribution in [0.1, 0.15) is 82.5 Å². The molecule has 742 valence electrons. The number of amides is 9. The summed E-state index contributed by atoms with van der Waals surface area (Å²) in [6.07, 6.45) is -5.29. The molecule has 48 heteroatoms. The summed E-state index contributed by atoms with van der Waals surface area (Å²) in [7, 11) is 7.71. The van der Waals surface area contributed by atoms with E-state index in [0.717, 1.165) is 124 Å². The Kier molecular flexibility index (Phi) is 41.2. The maximum Gasteiger partial charge on any atom is 1.00 e. The molecular weight excluding hydrogens is 2130 g/mol. The molecule has 5 aromatic heterocycles. The van der Waals surface area contributed by atoms with Crippen LogP contribution in [0.4, 0.5) is 71.0 Å². The van der Waals surface area contributed by atoms with Crippen LogP contribution in [0.2, 0.25) is 0 Å². The predicted octanol–water partition coefficient (Wildman–Crippen LogP) is 17.3. The topological polar surface area (TPSA) is 361 Å². The molecule has 0 saturated carbocycles. The first-order valence-electron chi connectivity index (χ1n) is 40.7. The SMILES string of the molecule is BrB(Br)Br.CC1(C)C(=O)N(c2ccc(OC(F)(F)F)cc2)C(=O)N1Cc1ccnc2ccc(O)cc12.CC1(C)NC(=O)N(c2ccc(OC(F)(F)F)cc2)C1=O.CCOC(=O)c1ccnc2ccc(OC)cc12.COc1ccc2nccc(CCl)c2c1.COc1ccc2nccc(CN3C(=O)N(c4ccc(OC(F)(F)F)cc4)C(=O)C3(C)C)c2c1.COc1ccc2nccc(CO)c2c1.CS(=O)(=O)Cl.[AlH3].[H-].[Li+]. The van der Waals surface area contributed by atoms with Crippen molar-refractivity contribution in [3.05, 3.63) is 253 Å². The third-order valence-corrected chi connectivity index (χ3v) is 20.6. The quantitative estimate of drug-likeness (QED) is 0.0179. The largest absolute Gasteiger partial charge is 1.00 e. The molecule has 3 fully saturated rings. The molecular formula is C93H90AlBBr3Cl2F9LiN11O19S. The molecule has 3 aliphatic heterocycles. The normalized spacial score (nSPS) is 13.9. The summed E-state index contributed by atoms with van der Waals surface area (Å²) in [6, 6.07) is 47.5. The Morgan fingerprint density at radius 3 is 1.05 bits per heavy atom. The zero-order valence-electron chi connectivity index (χ0n) is 77.5. The number of imide groups is 3. The maximum absolute atomic E-state index is 13.3. The minimum atomic E-state index is -4.85. The molecule has 3 aliphatic rings. The Balaban J connectivity index is 0.000000262. The van der Waals surface area contributed by atoms with Gasteiger partial charge >= 0.3 is 65.2 Å². The number of halogens is 14. The van der Waals surface area contributed by atoms with E-state index < -0.39 is 97.8 Å². The van der Waals surface area contributed by atoms with Gasteiger partial charge in [0.25, 0.3) is 17.7 Å². The molecule has 0 radical (unpaired) electrons. The monoisotopic (exact) mass is 2220 g/mol. The van der Waals surface area contributed by atoms with Crippen LogP contribution in [0.5, 0.6) is 46.0 Å². The standard InChI is InChI=1S/C23H20F3N3O4.C22H18F3N3O4.C13H13NO3.C12H11F3N2O3.C11H10ClNO.C11H11NO2.CH3ClO2S.Al.BBr3.Li.4H/c1-22(2)20(30)29(15-4-6-16(7-5-15)33-23(24,25)26)21(31)28(22)13-14-10-11-27-19-9-8-17(32-3)12-18(14)19;1-21(2)19(30)28(14-3-6-16(7-4-14)32-22(23,24)25)20(31)27(21)12-13-9-10-26-18-8-5-15(29)11-17(13)18;1-3-17-13(15)10-6-7-14-12-5-4-9(16-2)8-11(10)12;1-11(2)9(18)17(10(19)16-11)7-3-5-8(6-4-7)20-12(13,14)15;1-14-9-2-3-11-10(6-9)8(7-12)4-5-13-11;1-14-9-2-3-11-10(6-9)8(7-13)4-5-12-11;1-5(2,3)4;;2-1(3)4;;;;;/h4-12H,13H2,1-3H3;3-11,29H,12H2,1-2H3;4-8H,3H2,1-2H3;3-6H,1-2H3,(H,16,19);2-6H,7H2,1H3;2-6,13H,7H2,1H3;1H3;;;;;;;/q;;;;;;;;;+1;;;;-1. The molecule has 3 N–H and O–H groups in total. The Morgan fingerprint density at radius 2 is 0.738 bits per heavy atom. The molecule has 141 heavy (non-hydrogen) atoms. The number of fused-ring (bicyclic) bond motifs is 5. The number of urea groups is 3. The van der Waals surface area contributed by atoms with Crippen LogP contribution in [-0.4, -0.2) is 193 Å². The predicted molar refractivity (Wildman–Crippen MR) is 527 cm³/mol. The van der Waals surface area contributed by atoms with Gasteiger partial charge in [0.1, 0.15) is 62.6 Å². The second-order valence-corrected chi connectivity index (χ2v) is 40.6. The van der Waals surface area contributed by atoms with Crippen LogP contribution in [0.25, 0.3) is 54.5 Å². The fraction of sp³-hybridized carbons (Fsp3) is 0.247. The van der Waals surface area contributed by atoms with Crippen LogP contribution < -0.4 is 72.0 Å². The van der Waals surface area contributed by atoms with Gasteiger partial charge in [-0.15, -0.1) is 98.4 Å². The second kappa shape index (κ2) is 50.1. The van der Waals surface area contributed by atoms with Crippen molar-refractivity contribution >= 4 is 213 Å². The van der Waals surface area contributed by atoms with E-state index in [4.69, 9.17) is 40.4 Å². The number of anilines is 3. The van der Waals surface area contributed by atoms with Crippen molar-refractivity contribution in [3.8, 4) is 46.0 Å². The van der Waals surface area contributed by atoms with Crippen LogP contribution >= 0.6 is 69.6 Å². The zero-order chi connectivity index (χ0) is 103. The summed E-state index contributed by atoms with van der Waals surface area (Å²) in [5, 5.41) is 25.6. The van der Waals surface area contributed by atoms with E-state index in [1.807, 2.05) is 66.7 Å². The molecule has 30 nitrogen and oxygen atoms in total. The number of phenols is 1. The number of esters is 1. The molecule has 0 bridgehead atoms. The summed E-state index contributed by atoms with van der Waals surface area (Å²) in [5.74, 6) is 0.298. The van der Waals surface area contributed by atoms with E-state index in [2.05, 4.69) is 102 Å². The molecule has 0 aliphatic carbocycles. The van der Waals surface area contributed by atoms with Gasteiger partial charge in [-0.1, -0.05) is 0 Å². The summed E-state index contributed by atoms with van der Waals surface area (Å²) in [4.78, 5) is 115. The number of alkyl halides is 10. The average Bonchev–Trinajstić information content (AvgIpc) is 1.60. The summed E-state index contributed by atoms with van der Waals surface area (Å²) in [6.45, 7) is 11.8. The second-order valence-electron chi connectivity index (χ2n) is 30.9. The van der Waals surface area contributed by atoms with Crippen molar-refractivity contribution in [3.63, 3.8) is 0 Å². The fourth-order valence-corrected chi connectivity index (χ4v) is 13.9. The van der Waals surface area contributed by atoms with Crippen LogP contribution in [0.15, 0.2) is 225 Å².